The van der Waals surface area contributed by atoms with E-state index in [0.29, 0.717) is 12.0 Å². The SMILES string of the molecule is CC[C@@H]1N(C(=O)c2ccncc2)CCC[C@]12CCC(=O)N2C.O=C(O)C(F)(F)F. The first-order chi connectivity index (χ1) is 13.5. The molecule has 2 aliphatic heterocycles. The number of hydrogen-bond acceptors (Lipinski definition) is 4. The molecule has 2 amide bonds. The maximum absolute atomic E-state index is 12.9. The van der Waals surface area contributed by atoms with Gasteiger partial charge in [-0.25, -0.2) is 4.79 Å². The van der Waals surface area contributed by atoms with Crippen molar-refractivity contribution in [2.45, 2.75) is 56.8 Å². The summed E-state index contributed by atoms with van der Waals surface area (Å²) >= 11 is 0. The van der Waals surface area contributed by atoms with Gasteiger partial charge in [0.05, 0.1) is 11.6 Å². The second-order valence-corrected chi connectivity index (χ2v) is 7.12. The highest BCUT2D eigenvalue weighted by Gasteiger charge is 2.52. The van der Waals surface area contributed by atoms with E-state index in [1.54, 1.807) is 24.5 Å². The molecule has 2 saturated heterocycles. The van der Waals surface area contributed by atoms with Crippen molar-refractivity contribution >= 4 is 17.8 Å². The Morgan fingerprint density at radius 1 is 1.28 bits per heavy atom. The van der Waals surface area contributed by atoms with Crippen LogP contribution in [0.2, 0.25) is 0 Å². The average Bonchev–Trinajstić information content (AvgIpc) is 2.97. The number of aromatic nitrogens is 1. The highest BCUT2D eigenvalue weighted by Crippen LogP contribution is 2.42. The van der Waals surface area contributed by atoms with Crippen LogP contribution in [-0.2, 0) is 9.59 Å². The van der Waals surface area contributed by atoms with Gasteiger partial charge in [-0.3, -0.25) is 14.6 Å². The summed E-state index contributed by atoms with van der Waals surface area (Å²) in [7, 11) is 1.90. The zero-order valence-corrected chi connectivity index (χ0v) is 16.3. The minimum absolute atomic E-state index is 0.0565. The first kappa shape index (κ1) is 22.6. The van der Waals surface area contributed by atoms with E-state index in [1.807, 2.05) is 16.8 Å². The van der Waals surface area contributed by atoms with Crippen LogP contribution in [0.3, 0.4) is 0 Å². The third kappa shape index (κ3) is 4.68. The fraction of sp³-hybridized carbons (Fsp3) is 0.579. The molecule has 0 unspecified atom stereocenters. The van der Waals surface area contributed by atoms with Gasteiger partial charge in [0.15, 0.2) is 0 Å². The van der Waals surface area contributed by atoms with Crippen LogP contribution in [0.15, 0.2) is 24.5 Å². The second kappa shape index (κ2) is 8.79. The maximum atomic E-state index is 12.9. The quantitative estimate of drug-likeness (QED) is 0.802. The molecule has 2 fully saturated rings. The lowest BCUT2D eigenvalue weighted by Gasteiger charge is -2.51. The highest BCUT2D eigenvalue weighted by molar-refractivity contribution is 5.94. The lowest BCUT2D eigenvalue weighted by Crippen LogP contribution is -2.63. The molecule has 0 aliphatic carbocycles. The van der Waals surface area contributed by atoms with Crippen LogP contribution in [0, 0.1) is 0 Å². The number of likely N-dealkylation sites (N-methyl/N-ethyl adjacent to an activating group) is 1. The van der Waals surface area contributed by atoms with E-state index >= 15 is 0 Å². The van der Waals surface area contributed by atoms with Gasteiger partial charge in [-0.2, -0.15) is 13.2 Å². The van der Waals surface area contributed by atoms with Crippen molar-refractivity contribution in [3.05, 3.63) is 30.1 Å². The molecule has 1 aromatic heterocycles. The summed E-state index contributed by atoms with van der Waals surface area (Å²) in [4.78, 5) is 41.7. The molecular weight excluding hydrogens is 391 g/mol. The zero-order valence-electron chi connectivity index (χ0n) is 16.3. The van der Waals surface area contributed by atoms with E-state index in [0.717, 1.165) is 32.2 Å². The summed E-state index contributed by atoms with van der Waals surface area (Å²) in [5.74, 6) is -2.50. The fourth-order valence-corrected chi connectivity index (χ4v) is 4.26. The Morgan fingerprint density at radius 3 is 2.31 bits per heavy atom. The van der Waals surface area contributed by atoms with Crippen molar-refractivity contribution in [2.24, 2.45) is 0 Å². The molecule has 10 heteroatoms. The third-order valence-corrected chi connectivity index (χ3v) is 5.64. The Bertz CT molecular complexity index is 757. The van der Waals surface area contributed by atoms with Crippen molar-refractivity contribution < 1.29 is 32.7 Å². The van der Waals surface area contributed by atoms with Crippen LogP contribution in [0.5, 0.6) is 0 Å². The van der Waals surface area contributed by atoms with Crippen LogP contribution in [0.1, 0.15) is 49.4 Å². The predicted molar refractivity (Wildman–Crippen MR) is 97.0 cm³/mol. The summed E-state index contributed by atoms with van der Waals surface area (Å²) in [5.41, 5.74) is 0.504. The van der Waals surface area contributed by atoms with Gasteiger partial charge in [0.25, 0.3) is 5.91 Å². The van der Waals surface area contributed by atoms with Crippen LogP contribution in [0.25, 0.3) is 0 Å². The summed E-state index contributed by atoms with van der Waals surface area (Å²) in [6, 6.07) is 3.62. The molecule has 0 bridgehead atoms. The molecule has 2 atom stereocenters. The largest absolute Gasteiger partial charge is 0.490 e. The lowest BCUT2D eigenvalue weighted by atomic mass is 9.77. The Balaban J connectivity index is 0.000000370. The van der Waals surface area contributed by atoms with Crippen LogP contribution in [-0.4, -0.2) is 69.0 Å². The topological polar surface area (TPSA) is 90.8 Å². The summed E-state index contributed by atoms with van der Waals surface area (Å²) in [6.45, 7) is 2.88. The number of carbonyl (C=O) groups is 3. The van der Waals surface area contributed by atoms with Crippen molar-refractivity contribution in [3.8, 4) is 0 Å². The molecule has 1 N–H and O–H groups in total. The smallest absolute Gasteiger partial charge is 0.475 e. The Labute approximate surface area is 166 Å². The van der Waals surface area contributed by atoms with Gasteiger partial charge >= 0.3 is 12.1 Å². The number of carboxylic acids is 1. The summed E-state index contributed by atoms with van der Waals surface area (Å²) in [5, 5.41) is 7.12. The standard InChI is InChI=1S/C17H23N3O2.C2HF3O2/c1-3-14-17(9-5-15(21)19(17)2)8-4-12-20(14)16(22)13-6-10-18-11-7-13;3-2(4,5)1(6)7/h6-7,10-11,14H,3-5,8-9,12H2,1-2H3;(H,6,7)/t14-,17-;/m0./s1. The normalized spacial score (nSPS) is 24.3. The lowest BCUT2D eigenvalue weighted by molar-refractivity contribution is -0.192. The number of halogens is 3. The van der Waals surface area contributed by atoms with Crippen molar-refractivity contribution in [2.75, 3.05) is 13.6 Å². The van der Waals surface area contributed by atoms with Crippen LogP contribution >= 0.6 is 0 Å². The molecule has 29 heavy (non-hydrogen) atoms. The summed E-state index contributed by atoms with van der Waals surface area (Å²) in [6.07, 6.45) is 2.50. The number of piperidine rings is 1. The van der Waals surface area contributed by atoms with Crippen molar-refractivity contribution in [1.82, 2.24) is 14.8 Å². The van der Waals surface area contributed by atoms with E-state index in [1.165, 1.54) is 0 Å². The summed E-state index contributed by atoms with van der Waals surface area (Å²) < 4.78 is 31.7. The zero-order chi connectivity index (χ0) is 21.8. The number of carboxylic acid groups (broad SMARTS) is 1. The number of likely N-dealkylation sites (tertiary alicyclic amines) is 2. The van der Waals surface area contributed by atoms with Gasteiger partial charge in [0.2, 0.25) is 5.91 Å². The molecule has 3 heterocycles. The highest BCUT2D eigenvalue weighted by atomic mass is 19.4. The number of alkyl halides is 3. The molecule has 2 aliphatic rings. The fourth-order valence-electron chi connectivity index (χ4n) is 4.26. The molecule has 3 rings (SSSR count). The minimum atomic E-state index is -5.08. The Hall–Kier alpha value is -2.65. The van der Waals surface area contributed by atoms with Gasteiger partial charge in [-0.15, -0.1) is 0 Å². The van der Waals surface area contributed by atoms with Gasteiger partial charge < -0.3 is 14.9 Å². The number of amides is 2. The van der Waals surface area contributed by atoms with E-state index < -0.39 is 12.1 Å². The van der Waals surface area contributed by atoms with Crippen molar-refractivity contribution in [1.29, 1.82) is 0 Å². The first-order valence-corrected chi connectivity index (χ1v) is 9.32. The third-order valence-electron chi connectivity index (χ3n) is 5.64. The molecular formula is C19H24F3N3O4. The molecule has 0 saturated carbocycles. The molecule has 1 aromatic rings. The monoisotopic (exact) mass is 415 g/mol. The number of hydrogen-bond donors (Lipinski definition) is 1. The average molecular weight is 415 g/mol. The minimum Gasteiger partial charge on any atom is -0.475 e. The van der Waals surface area contributed by atoms with Crippen molar-refractivity contribution in [3.63, 3.8) is 0 Å². The Kier molecular flexibility index (Phi) is 6.86. The van der Waals surface area contributed by atoms with Crippen LogP contribution in [0.4, 0.5) is 13.2 Å². The van der Waals surface area contributed by atoms with Gasteiger partial charge in [0.1, 0.15) is 0 Å². The van der Waals surface area contributed by atoms with Crippen LogP contribution < -0.4 is 0 Å². The molecule has 7 nitrogen and oxygen atoms in total. The van der Waals surface area contributed by atoms with E-state index in [4.69, 9.17) is 9.90 Å². The Morgan fingerprint density at radius 2 is 1.86 bits per heavy atom. The van der Waals surface area contributed by atoms with E-state index in [2.05, 4.69) is 11.9 Å². The number of pyridine rings is 1. The van der Waals surface area contributed by atoms with Gasteiger partial charge in [0, 0.05) is 38.0 Å². The van der Waals surface area contributed by atoms with E-state index in [-0.39, 0.29) is 23.4 Å². The number of nitrogens with zero attached hydrogens (tertiary/aromatic N) is 3. The number of aliphatic carboxylic acids is 1. The van der Waals surface area contributed by atoms with Gasteiger partial charge in [-0.1, -0.05) is 6.92 Å². The molecule has 0 radical (unpaired) electrons. The molecule has 160 valence electrons. The van der Waals surface area contributed by atoms with E-state index in [9.17, 15) is 22.8 Å². The molecule has 1 spiro atoms. The number of carbonyl (C=O) groups excluding carboxylic acids is 2. The predicted octanol–water partition coefficient (Wildman–Crippen LogP) is 2.72. The maximum Gasteiger partial charge on any atom is 0.490 e. The first-order valence-electron chi connectivity index (χ1n) is 9.32. The van der Waals surface area contributed by atoms with Gasteiger partial charge in [-0.05, 0) is 37.8 Å². The second-order valence-electron chi connectivity index (χ2n) is 7.12. The molecule has 0 aromatic carbocycles. The number of rotatable bonds is 2.